The molecule has 0 radical (unpaired) electrons. The molecule has 6 aromatic rings. The zero-order valence-electron chi connectivity index (χ0n) is 48.3. The van der Waals surface area contributed by atoms with Crippen LogP contribution in [0.15, 0.2) is 121 Å². The van der Waals surface area contributed by atoms with Gasteiger partial charge >= 0.3 is 11.9 Å². The van der Waals surface area contributed by atoms with Crippen LogP contribution in [0.25, 0.3) is 0 Å². The van der Waals surface area contributed by atoms with E-state index in [4.69, 9.17) is 76.4 Å². The van der Waals surface area contributed by atoms with Crippen LogP contribution in [0.5, 0.6) is 57.5 Å². The predicted octanol–water partition coefficient (Wildman–Crippen LogP) is 10.6. The Morgan fingerprint density at radius 2 is 0.713 bits per heavy atom. The number of benzene rings is 6. The SMILES string of the molecule is CC1(C)CC2(CC(C)(C)c3cc(OC(=O)c4ccc(OC[C-]5COC5)cc4)c(OC(=O)c4ccc(OC[C-]5COC5)cc4)cc3O2)Oc2cc(OOCc3ccc(OC[C-]4COC4)cc3)c(OOCc3ccc(OC[C-]4COC4)cc3)cc21.[W].[W].[W].[W]. The molecule has 22 heteroatoms. The van der Waals surface area contributed by atoms with Gasteiger partial charge < -0.3 is 66.6 Å². The first-order valence-electron chi connectivity index (χ1n) is 27.6. The van der Waals surface area contributed by atoms with Crippen molar-refractivity contribution in [2.24, 2.45) is 0 Å². The minimum absolute atomic E-state index is 0. The van der Waals surface area contributed by atoms with Gasteiger partial charge in [0, 0.05) is 131 Å². The van der Waals surface area contributed by atoms with Crippen molar-refractivity contribution in [2.75, 3.05) is 79.3 Å². The topological polar surface area (TPSA) is 182 Å². The molecular weight excluding hydrogens is 1800 g/mol. The van der Waals surface area contributed by atoms with Gasteiger partial charge in [-0.3, -0.25) is 0 Å². The molecule has 4 saturated heterocycles. The van der Waals surface area contributed by atoms with E-state index in [0.717, 1.165) is 40.0 Å². The summed E-state index contributed by atoms with van der Waals surface area (Å²) >= 11 is 0. The zero-order valence-corrected chi connectivity index (χ0v) is 60.1. The fourth-order valence-corrected chi connectivity index (χ4v) is 10.2. The minimum Gasteiger partial charge on any atom is -0.525 e. The fourth-order valence-electron chi connectivity index (χ4n) is 10.2. The number of carbonyl (C=O) groups excluding carboxylic acids is 2. The third kappa shape index (κ3) is 17.0. The van der Waals surface area contributed by atoms with E-state index < -0.39 is 28.6 Å². The van der Waals surface area contributed by atoms with Crippen molar-refractivity contribution in [1.82, 2.24) is 0 Å². The Balaban J connectivity index is 0.00000245. The van der Waals surface area contributed by atoms with Gasteiger partial charge in [0.1, 0.15) is 47.7 Å². The molecule has 18 nitrogen and oxygen atoms in total. The largest absolute Gasteiger partial charge is 0.525 e. The second kappa shape index (κ2) is 30.3. The van der Waals surface area contributed by atoms with E-state index >= 15 is 0 Å². The molecule has 1 unspecified atom stereocenters. The van der Waals surface area contributed by atoms with E-state index in [1.165, 1.54) is 11.8 Å². The molecule has 6 aliphatic rings. The summed E-state index contributed by atoms with van der Waals surface area (Å²) in [5.41, 5.74) is 2.41. The molecule has 6 aromatic carbocycles. The fraction of sp³-hybridized carbons (Fsp3) is 0.354. The molecule has 1 atom stereocenters. The molecule has 87 heavy (non-hydrogen) atoms. The summed E-state index contributed by atoms with van der Waals surface area (Å²) in [4.78, 5) is 51.9. The zero-order chi connectivity index (χ0) is 57.0. The van der Waals surface area contributed by atoms with Gasteiger partial charge in [-0.1, -0.05) is 105 Å². The molecule has 0 saturated carbocycles. The second-order valence-electron chi connectivity index (χ2n) is 22.8. The summed E-state index contributed by atoms with van der Waals surface area (Å²) < 4.78 is 70.9. The number of hydrogen-bond acceptors (Lipinski definition) is 18. The van der Waals surface area contributed by atoms with Gasteiger partial charge in [-0.05, 0) is 122 Å². The Labute approximate surface area is 563 Å². The number of hydrogen-bond donors (Lipinski definition) is 0. The van der Waals surface area contributed by atoms with Crippen molar-refractivity contribution in [3.63, 3.8) is 0 Å². The van der Waals surface area contributed by atoms with Gasteiger partial charge in [-0.25, -0.2) is 33.3 Å². The Kier molecular flexibility index (Phi) is 23.7. The van der Waals surface area contributed by atoms with Crippen LogP contribution in [-0.2, 0) is 137 Å². The summed E-state index contributed by atoms with van der Waals surface area (Å²) in [6.07, 6.45) is 0.730. The molecule has 12 rings (SSSR count). The van der Waals surface area contributed by atoms with E-state index in [-0.39, 0.29) is 132 Å². The average Bonchev–Trinajstić information content (AvgIpc) is 0.970. The molecule has 1 spiro atoms. The first kappa shape index (κ1) is 68.1. The Bertz CT molecular complexity index is 3240. The van der Waals surface area contributed by atoms with Gasteiger partial charge in [0.25, 0.3) is 5.79 Å². The van der Waals surface area contributed by atoms with Gasteiger partial charge in [-0.2, -0.15) is 9.78 Å². The number of fused-ring (bicyclic) bond motifs is 2. The number of rotatable bonds is 24. The molecule has 6 aliphatic heterocycles. The number of esters is 2. The maximum Gasteiger partial charge on any atom is 0.343 e. The van der Waals surface area contributed by atoms with Crippen molar-refractivity contribution in [1.29, 1.82) is 0 Å². The van der Waals surface area contributed by atoms with Crippen LogP contribution < -0.4 is 47.7 Å². The third-order valence-electron chi connectivity index (χ3n) is 15.0. The van der Waals surface area contributed by atoms with Crippen LogP contribution in [0.1, 0.15) is 83.5 Å². The van der Waals surface area contributed by atoms with Crippen LogP contribution in [0, 0.1) is 23.7 Å². The van der Waals surface area contributed by atoms with Crippen LogP contribution in [0.3, 0.4) is 0 Å². The summed E-state index contributed by atoms with van der Waals surface area (Å²) in [5.74, 6) is 5.95. The van der Waals surface area contributed by atoms with Gasteiger partial charge in [0.05, 0.1) is 11.1 Å². The normalized spacial score (nSPS) is 18.7. The molecule has 0 bridgehead atoms. The van der Waals surface area contributed by atoms with Gasteiger partial charge in [0.2, 0.25) is 11.5 Å². The number of carbonyl (C=O) groups is 2. The van der Waals surface area contributed by atoms with Crippen LogP contribution in [0.4, 0.5) is 0 Å². The minimum atomic E-state index is -1.27. The monoisotopic (exact) mass is 1870 g/mol. The Morgan fingerprint density at radius 3 is 1.05 bits per heavy atom. The molecular formula is C65H64O18W4-4. The van der Waals surface area contributed by atoms with Crippen molar-refractivity contribution >= 4 is 11.9 Å². The maximum absolute atomic E-state index is 14.1. The molecule has 4 fully saturated rings. The number of ether oxygens (including phenoxy) is 12. The smallest absolute Gasteiger partial charge is 0.343 e. The molecule has 0 N–H and O–H groups in total. The van der Waals surface area contributed by atoms with E-state index in [1.54, 1.807) is 66.7 Å². The molecule has 6 heterocycles. The van der Waals surface area contributed by atoms with Crippen LogP contribution >= 0.6 is 0 Å². The Morgan fingerprint density at radius 1 is 0.414 bits per heavy atom. The van der Waals surface area contributed by atoms with Crippen molar-refractivity contribution in [2.45, 2.75) is 70.4 Å². The standard InChI is InChI=1S/C65H64O18.4W/c1-63(2)39-65(80-55-23-58(79-62(67)48-11-19-52(20-12-48)75-36-46-31-71-32-46)57(21-53(55)63)78-61(66)47-9-17-51(18-10-47)74-35-45-29-70-30-45)40-64(3,4)54-22-59(82-76-37-41-5-13-49(14-6-41)72-33-43-25-68-26-43)60(24-56(54)81-65)83-77-38-42-7-15-50(16-8-42)73-34-44-27-69-28-44;;;;/h5-24H,25-40H2,1-4H3;;;;/q-4;;;;. The van der Waals surface area contributed by atoms with Crippen molar-refractivity contribution in [3.8, 4) is 57.5 Å². The maximum atomic E-state index is 14.1. The van der Waals surface area contributed by atoms with Crippen LogP contribution in [-0.4, -0.2) is 97.0 Å². The summed E-state index contributed by atoms with van der Waals surface area (Å²) in [7, 11) is 0. The summed E-state index contributed by atoms with van der Waals surface area (Å²) in [6.45, 7) is 15.2. The first-order chi connectivity index (χ1) is 40.3. The van der Waals surface area contributed by atoms with Crippen molar-refractivity contribution < 1.29 is 170 Å². The van der Waals surface area contributed by atoms with Gasteiger partial charge in [0.15, 0.2) is 11.5 Å². The Hall–Kier alpha value is -4.83. The molecule has 0 aromatic heterocycles. The quantitative estimate of drug-likeness (QED) is 0.0183. The van der Waals surface area contributed by atoms with E-state index in [9.17, 15) is 9.59 Å². The van der Waals surface area contributed by atoms with Crippen molar-refractivity contribution in [3.05, 3.63) is 178 Å². The average molecular weight is 1870 g/mol. The van der Waals surface area contributed by atoms with Crippen LogP contribution in [0.2, 0.25) is 0 Å². The predicted molar refractivity (Wildman–Crippen MR) is 297 cm³/mol. The van der Waals surface area contributed by atoms with E-state index in [0.29, 0.717) is 121 Å². The van der Waals surface area contributed by atoms with E-state index in [2.05, 4.69) is 27.7 Å². The molecule has 0 amide bonds. The third-order valence-corrected chi connectivity index (χ3v) is 15.0. The molecule has 0 aliphatic carbocycles. The first-order valence-corrected chi connectivity index (χ1v) is 27.6. The summed E-state index contributed by atoms with van der Waals surface area (Å²) in [5, 5.41) is 0. The second-order valence-corrected chi connectivity index (χ2v) is 22.8. The molecule has 460 valence electrons. The van der Waals surface area contributed by atoms with Gasteiger partial charge in [-0.15, -0.1) is 0 Å². The van der Waals surface area contributed by atoms with E-state index in [1.807, 2.05) is 54.6 Å². The summed E-state index contributed by atoms with van der Waals surface area (Å²) in [6, 6.07) is 35.3.